The van der Waals surface area contributed by atoms with Crippen molar-refractivity contribution in [3.05, 3.63) is 58.1 Å². The molecule has 0 spiro atoms. The summed E-state index contributed by atoms with van der Waals surface area (Å²) < 4.78 is 32.1. The molecule has 0 amide bonds. The van der Waals surface area contributed by atoms with Crippen LogP contribution in [0.3, 0.4) is 0 Å². The molecule has 0 saturated heterocycles. The van der Waals surface area contributed by atoms with Crippen molar-refractivity contribution in [2.24, 2.45) is 0 Å². The van der Waals surface area contributed by atoms with Gasteiger partial charge in [-0.2, -0.15) is 0 Å². The van der Waals surface area contributed by atoms with Crippen LogP contribution in [-0.2, 0) is 14.8 Å². The second-order valence-electron chi connectivity index (χ2n) is 5.21. The molecule has 0 saturated carbocycles. The first kappa shape index (κ1) is 18.6. The molecular weight excluding hydrogens is 373 g/mol. The third-order valence-electron chi connectivity index (χ3n) is 2.92. The summed E-state index contributed by atoms with van der Waals surface area (Å²) in [5.74, 6) is -0.469. The Bertz CT molecular complexity index is 849. The standard InChI is InChI=1S/C16H15Cl2NO4S/c1-10(2)23-16(20)11-3-5-12(6-4-11)19-24(21,22)13-7-8-14(17)15(18)9-13/h3-10,19H,1-2H3. The first-order chi connectivity index (χ1) is 11.2. The molecule has 0 aliphatic carbocycles. The zero-order valence-corrected chi connectivity index (χ0v) is 15.2. The van der Waals surface area contributed by atoms with Crippen LogP contribution in [0.5, 0.6) is 0 Å². The molecule has 2 aromatic rings. The van der Waals surface area contributed by atoms with Crippen molar-refractivity contribution in [1.82, 2.24) is 0 Å². The Morgan fingerprint density at radius 3 is 2.21 bits per heavy atom. The zero-order chi connectivity index (χ0) is 17.9. The summed E-state index contributed by atoms with van der Waals surface area (Å²) in [6, 6.07) is 9.95. The van der Waals surface area contributed by atoms with Crippen LogP contribution < -0.4 is 4.72 Å². The van der Waals surface area contributed by atoms with Gasteiger partial charge in [0.2, 0.25) is 0 Å². The Balaban J connectivity index is 2.18. The van der Waals surface area contributed by atoms with Crippen molar-refractivity contribution in [1.29, 1.82) is 0 Å². The van der Waals surface area contributed by atoms with Crippen LogP contribution in [0.15, 0.2) is 47.4 Å². The van der Waals surface area contributed by atoms with E-state index < -0.39 is 16.0 Å². The molecule has 0 bridgehead atoms. The van der Waals surface area contributed by atoms with Crippen LogP contribution in [0, 0.1) is 0 Å². The fourth-order valence-corrected chi connectivity index (χ4v) is 3.26. The smallest absolute Gasteiger partial charge is 0.338 e. The van der Waals surface area contributed by atoms with E-state index in [-0.39, 0.29) is 21.0 Å². The van der Waals surface area contributed by atoms with E-state index in [4.69, 9.17) is 27.9 Å². The summed E-state index contributed by atoms with van der Waals surface area (Å²) in [4.78, 5) is 11.7. The predicted molar refractivity (Wildman–Crippen MR) is 94.3 cm³/mol. The van der Waals surface area contributed by atoms with Gasteiger partial charge in [0.15, 0.2) is 0 Å². The molecule has 128 valence electrons. The van der Waals surface area contributed by atoms with Crippen molar-refractivity contribution >= 4 is 44.9 Å². The third kappa shape index (κ3) is 4.63. The average Bonchev–Trinajstić information content (AvgIpc) is 2.49. The average molecular weight is 388 g/mol. The number of hydrogen-bond donors (Lipinski definition) is 1. The van der Waals surface area contributed by atoms with E-state index in [9.17, 15) is 13.2 Å². The van der Waals surface area contributed by atoms with Gasteiger partial charge in [-0.15, -0.1) is 0 Å². The van der Waals surface area contributed by atoms with E-state index >= 15 is 0 Å². The lowest BCUT2D eigenvalue weighted by molar-refractivity contribution is 0.0378. The number of carbonyl (C=O) groups is 1. The van der Waals surface area contributed by atoms with E-state index in [1.54, 1.807) is 13.8 Å². The summed E-state index contributed by atoms with van der Waals surface area (Å²) in [5, 5.41) is 0.412. The van der Waals surface area contributed by atoms with Gasteiger partial charge >= 0.3 is 5.97 Å². The molecule has 0 aliphatic heterocycles. The molecule has 8 heteroatoms. The second-order valence-corrected chi connectivity index (χ2v) is 7.71. The van der Waals surface area contributed by atoms with Gasteiger partial charge in [-0.25, -0.2) is 13.2 Å². The van der Waals surface area contributed by atoms with Crippen molar-refractivity contribution in [2.45, 2.75) is 24.8 Å². The molecule has 2 aromatic carbocycles. The second kappa shape index (κ2) is 7.42. The highest BCUT2D eigenvalue weighted by Crippen LogP contribution is 2.26. The summed E-state index contributed by atoms with van der Waals surface area (Å²) >= 11 is 11.6. The molecule has 0 fully saturated rings. The Kier molecular flexibility index (Phi) is 5.74. The van der Waals surface area contributed by atoms with Crippen LogP contribution in [0.25, 0.3) is 0 Å². The van der Waals surface area contributed by atoms with Crippen LogP contribution in [0.1, 0.15) is 24.2 Å². The minimum atomic E-state index is -3.81. The number of ether oxygens (including phenoxy) is 1. The van der Waals surface area contributed by atoms with E-state index in [2.05, 4.69) is 4.72 Å². The number of sulfonamides is 1. The molecule has 0 aromatic heterocycles. The minimum Gasteiger partial charge on any atom is -0.459 e. The van der Waals surface area contributed by atoms with Gasteiger partial charge in [0.25, 0.3) is 10.0 Å². The van der Waals surface area contributed by atoms with Crippen LogP contribution in [0.2, 0.25) is 10.0 Å². The largest absolute Gasteiger partial charge is 0.459 e. The molecule has 0 aliphatic rings. The molecule has 1 N–H and O–H groups in total. The number of nitrogens with one attached hydrogen (secondary N) is 1. The van der Waals surface area contributed by atoms with Gasteiger partial charge < -0.3 is 4.74 Å². The topological polar surface area (TPSA) is 72.5 Å². The molecule has 0 radical (unpaired) electrons. The monoisotopic (exact) mass is 387 g/mol. The molecule has 24 heavy (non-hydrogen) atoms. The number of esters is 1. The van der Waals surface area contributed by atoms with E-state index in [1.165, 1.54) is 42.5 Å². The number of halogens is 2. The maximum atomic E-state index is 12.3. The minimum absolute atomic E-state index is 0.0137. The fourth-order valence-electron chi connectivity index (χ4n) is 1.81. The number of benzene rings is 2. The number of anilines is 1. The highest BCUT2D eigenvalue weighted by atomic mass is 35.5. The number of carbonyl (C=O) groups excluding carboxylic acids is 1. The Morgan fingerprint density at radius 2 is 1.67 bits per heavy atom. The van der Waals surface area contributed by atoms with Crippen molar-refractivity contribution < 1.29 is 17.9 Å². The Labute approximate surface area is 150 Å². The van der Waals surface area contributed by atoms with E-state index in [1.807, 2.05) is 0 Å². The van der Waals surface area contributed by atoms with Gasteiger partial charge in [0, 0.05) is 5.69 Å². The van der Waals surface area contributed by atoms with Gasteiger partial charge in [0.05, 0.1) is 26.6 Å². The summed E-state index contributed by atoms with van der Waals surface area (Å²) in [7, 11) is -3.81. The lowest BCUT2D eigenvalue weighted by Crippen LogP contribution is -2.14. The molecule has 2 rings (SSSR count). The highest BCUT2D eigenvalue weighted by molar-refractivity contribution is 7.92. The Hall–Kier alpha value is -1.76. The molecule has 0 heterocycles. The maximum Gasteiger partial charge on any atom is 0.338 e. The SMILES string of the molecule is CC(C)OC(=O)c1ccc(NS(=O)(=O)c2ccc(Cl)c(Cl)c2)cc1. The van der Waals surface area contributed by atoms with E-state index in [0.29, 0.717) is 11.3 Å². The van der Waals surface area contributed by atoms with Crippen LogP contribution >= 0.6 is 23.2 Å². The summed E-state index contributed by atoms with van der Waals surface area (Å²) in [6.07, 6.45) is -0.231. The van der Waals surface area contributed by atoms with Gasteiger partial charge in [-0.05, 0) is 56.3 Å². The molecule has 0 atom stereocenters. The van der Waals surface area contributed by atoms with Gasteiger partial charge in [-0.1, -0.05) is 23.2 Å². The zero-order valence-electron chi connectivity index (χ0n) is 12.9. The molecule has 0 unspecified atom stereocenters. The predicted octanol–water partition coefficient (Wildman–Crippen LogP) is 4.36. The first-order valence-electron chi connectivity index (χ1n) is 6.98. The quantitative estimate of drug-likeness (QED) is 0.773. The van der Waals surface area contributed by atoms with Crippen molar-refractivity contribution in [3.63, 3.8) is 0 Å². The Morgan fingerprint density at radius 1 is 1.04 bits per heavy atom. The van der Waals surface area contributed by atoms with Crippen LogP contribution in [-0.4, -0.2) is 20.5 Å². The third-order valence-corrected chi connectivity index (χ3v) is 5.03. The fraction of sp³-hybridized carbons (Fsp3) is 0.188. The van der Waals surface area contributed by atoms with Crippen molar-refractivity contribution in [2.75, 3.05) is 4.72 Å². The first-order valence-corrected chi connectivity index (χ1v) is 9.22. The van der Waals surface area contributed by atoms with Crippen molar-refractivity contribution in [3.8, 4) is 0 Å². The number of hydrogen-bond acceptors (Lipinski definition) is 4. The van der Waals surface area contributed by atoms with Gasteiger partial charge in [-0.3, -0.25) is 4.72 Å². The van der Waals surface area contributed by atoms with E-state index in [0.717, 1.165) is 0 Å². The summed E-state index contributed by atoms with van der Waals surface area (Å²) in [6.45, 7) is 3.50. The lowest BCUT2D eigenvalue weighted by Gasteiger charge is -2.10. The lowest BCUT2D eigenvalue weighted by atomic mass is 10.2. The highest BCUT2D eigenvalue weighted by Gasteiger charge is 2.16. The van der Waals surface area contributed by atoms with Crippen LogP contribution in [0.4, 0.5) is 5.69 Å². The normalized spacial score (nSPS) is 11.4. The summed E-state index contributed by atoms with van der Waals surface area (Å²) in [5.41, 5.74) is 0.642. The van der Waals surface area contributed by atoms with Gasteiger partial charge in [0.1, 0.15) is 0 Å². The molecular formula is C16H15Cl2NO4S. The molecule has 5 nitrogen and oxygen atoms in total. The number of rotatable bonds is 5. The maximum absolute atomic E-state index is 12.3.